The Morgan fingerprint density at radius 2 is 1.50 bits per heavy atom. The predicted octanol–water partition coefficient (Wildman–Crippen LogP) is 3.76. The van der Waals surface area contributed by atoms with Gasteiger partial charge in [-0.25, -0.2) is 8.42 Å². The average molecular weight is 418 g/mol. The number of alkyl halides is 2. The fourth-order valence-electron chi connectivity index (χ4n) is 1.67. The lowest BCUT2D eigenvalue weighted by Crippen LogP contribution is -2.10. The quantitative estimate of drug-likeness (QED) is 0.562. The molecule has 0 aliphatic carbocycles. The summed E-state index contributed by atoms with van der Waals surface area (Å²) < 4.78 is 23.2. The van der Waals surface area contributed by atoms with Gasteiger partial charge in [0.2, 0.25) is 9.84 Å². The van der Waals surface area contributed by atoms with Gasteiger partial charge in [0.25, 0.3) is 0 Å². The van der Waals surface area contributed by atoms with Crippen LogP contribution in [0.2, 0.25) is 0 Å². The zero-order chi connectivity index (χ0) is 14.8. The lowest BCUT2D eigenvalue weighted by atomic mass is 10.0. The molecule has 0 amide bonds. The van der Waals surface area contributed by atoms with E-state index in [1.807, 2.05) is 6.07 Å². The molecule has 20 heavy (non-hydrogen) atoms. The molecular weight excluding hydrogens is 408 g/mol. The van der Waals surface area contributed by atoms with Crippen molar-refractivity contribution in [3.63, 3.8) is 0 Å². The van der Waals surface area contributed by atoms with Gasteiger partial charge in [0.15, 0.2) is 8.85 Å². The van der Waals surface area contributed by atoms with Gasteiger partial charge < -0.3 is 0 Å². The summed E-state index contributed by atoms with van der Waals surface area (Å²) in [5, 5.41) is 0. The van der Waals surface area contributed by atoms with E-state index < -0.39 is 12.9 Å². The van der Waals surface area contributed by atoms with Crippen LogP contribution >= 0.6 is 31.9 Å². The third-order valence-electron chi connectivity index (χ3n) is 2.70. The molecule has 0 unspecified atom stereocenters. The van der Waals surface area contributed by atoms with Gasteiger partial charge in [0.1, 0.15) is 0 Å². The number of carbonyl (C=O) groups is 1. The Balaban J connectivity index is 2.44. The van der Waals surface area contributed by atoms with Gasteiger partial charge in [-0.1, -0.05) is 74.3 Å². The van der Waals surface area contributed by atoms with Crippen molar-refractivity contribution in [1.29, 1.82) is 0 Å². The number of hydrogen-bond donors (Lipinski definition) is 0. The van der Waals surface area contributed by atoms with Crippen molar-refractivity contribution in [1.82, 2.24) is 0 Å². The van der Waals surface area contributed by atoms with Crippen molar-refractivity contribution in [2.75, 3.05) is 0 Å². The number of carbonyl (C=O) groups excluding carboxylic acids is 1. The second-order valence-corrected chi connectivity index (χ2v) is 10.3. The highest BCUT2D eigenvalue weighted by atomic mass is 79.9. The molecule has 6 heteroatoms. The summed E-state index contributed by atoms with van der Waals surface area (Å²) >= 11 is 5.97. The Kier molecular flexibility index (Phi) is 4.78. The van der Waals surface area contributed by atoms with Crippen LogP contribution in [0.15, 0.2) is 59.5 Å². The Morgan fingerprint density at radius 3 is 2.10 bits per heavy atom. The molecule has 0 N–H and O–H groups in total. The summed E-state index contributed by atoms with van der Waals surface area (Å²) in [6.07, 6.45) is 0. The minimum Gasteiger partial charge on any atom is -0.289 e. The number of ketones is 1. The second kappa shape index (κ2) is 6.20. The molecule has 0 bridgehead atoms. The fourth-order valence-corrected chi connectivity index (χ4v) is 3.73. The number of rotatable bonds is 4. The zero-order valence-corrected chi connectivity index (χ0v) is 14.2. The molecule has 0 heterocycles. The molecule has 0 aliphatic heterocycles. The largest absolute Gasteiger partial charge is 0.289 e. The van der Waals surface area contributed by atoms with Crippen molar-refractivity contribution in [3.8, 4) is 0 Å². The summed E-state index contributed by atoms with van der Waals surface area (Å²) in [5.74, 6) is -0.205. The molecule has 2 aromatic rings. The molecule has 0 aromatic heterocycles. The summed E-state index contributed by atoms with van der Waals surface area (Å²) in [7, 11) is -3.53. The first-order chi connectivity index (χ1) is 9.43. The molecule has 0 fully saturated rings. The van der Waals surface area contributed by atoms with E-state index in [0.717, 1.165) is 0 Å². The first-order valence-corrected chi connectivity index (χ1v) is 9.02. The summed E-state index contributed by atoms with van der Waals surface area (Å²) in [4.78, 5) is 12.4. The molecule has 104 valence electrons. The van der Waals surface area contributed by atoms with E-state index in [-0.39, 0.29) is 10.7 Å². The van der Waals surface area contributed by atoms with Gasteiger partial charge in [-0.3, -0.25) is 4.79 Å². The molecule has 0 spiro atoms. The third-order valence-corrected chi connectivity index (χ3v) is 7.03. The van der Waals surface area contributed by atoms with E-state index in [2.05, 4.69) is 31.9 Å². The predicted molar refractivity (Wildman–Crippen MR) is 85.1 cm³/mol. The van der Waals surface area contributed by atoms with Crippen LogP contribution in [0.5, 0.6) is 0 Å². The lowest BCUT2D eigenvalue weighted by Gasteiger charge is -2.07. The topological polar surface area (TPSA) is 51.2 Å². The van der Waals surface area contributed by atoms with Crippen molar-refractivity contribution in [3.05, 3.63) is 65.7 Å². The van der Waals surface area contributed by atoms with E-state index in [4.69, 9.17) is 0 Å². The van der Waals surface area contributed by atoms with Crippen LogP contribution in [0.3, 0.4) is 0 Å². The summed E-state index contributed by atoms with van der Waals surface area (Å²) in [6.45, 7) is 0. The van der Waals surface area contributed by atoms with Crippen LogP contribution in [0.25, 0.3) is 0 Å². The van der Waals surface area contributed by atoms with Gasteiger partial charge in [0, 0.05) is 11.1 Å². The van der Waals surface area contributed by atoms with Gasteiger partial charge in [0.05, 0.1) is 4.90 Å². The highest BCUT2D eigenvalue weighted by Gasteiger charge is 2.23. The number of halogens is 2. The maximum Gasteiger partial charge on any atom is 0.201 e. The van der Waals surface area contributed by atoms with Crippen molar-refractivity contribution < 1.29 is 13.2 Å². The third kappa shape index (κ3) is 3.19. The van der Waals surface area contributed by atoms with Crippen LogP contribution < -0.4 is 0 Å². The minimum atomic E-state index is -3.53. The van der Waals surface area contributed by atoms with Crippen LogP contribution in [-0.2, 0) is 9.84 Å². The molecule has 3 nitrogen and oxygen atoms in total. The zero-order valence-electron chi connectivity index (χ0n) is 10.2. The van der Waals surface area contributed by atoms with Gasteiger partial charge in [-0.15, -0.1) is 0 Å². The van der Waals surface area contributed by atoms with Crippen molar-refractivity contribution >= 4 is 47.5 Å². The number of benzene rings is 2. The van der Waals surface area contributed by atoms with E-state index in [0.29, 0.717) is 11.1 Å². The highest BCUT2D eigenvalue weighted by Crippen LogP contribution is 2.25. The SMILES string of the molecule is O=C(c1ccccc1)c1cccc(S(=O)(=O)C(Br)Br)c1. The standard InChI is InChI=1S/C14H10Br2O3S/c15-14(16)20(18,19)12-8-4-7-11(9-12)13(17)10-5-2-1-3-6-10/h1-9,14H. The van der Waals surface area contributed by atoms with Crippen molar-refractivity contribution in [2.45, 2.75) is 7.96 Å². The van der Waals surface area contributed by atoms with Gasteiger partial charge in [-0.2, -0.15) is 0 Å². The molecule has 0 saturated heterocycles. The van der Waals surface area contributed by atoms with E-state index in [1.54, 1.807) is 36.4 Å². The first-order valence-electron chi connectivity index (χ1n) is 5.65. The molecule has 0 aliphatic rings. The first kappa shape index (κ1) is 15.4. The minimum absolute atomic E-state index is 0.0954. The normalized spacial score (nSPS) is 11.6. The molecule has 2 rings (SSSR count). The average Bonchev–Trinajstić information content (AvgIpc) is 2.47. The summed E-state index contributed by atoms with van der Waals surface area (Å²) in [6, 6.07) is 14.8. The van der Waals surface area contributed by atoms with Gasteiger partial charge >= 0.3 is 0 Å². The van der Waals surface area contributed by atoms with Crippen LogP contribution in [-0.4, -0.2) is 17.3 Å². The molecule has 0 saturated carbocycles. The molecule has 0 radical (unpaired) electrons. The Hall–Kier alpha value is -0.980. The van der Waals surface area contributed by atoms with Crippen LogP contribution in [0.1, 0.15) is 15.9 Å². The maximum absolute atomic E-state index is 12.3. The molecule has 2 aromatic carbocycles. The fraction of sp³-hybridized carbons (Fsp3) is 0.0714. The number of sulfone groups is 1. The number of hydrogen-bond acceptors (Lipinski definition) is 3. The van der Waals surface area contributed by atoms with E-state index >= 15 is 0 Å². The smallest absolute Gasteiger partial charge is 0.201 e. The maximum atomic E-state index is 12.3. The van der Waals surface area contributed by atoms with Crippen LogP contribution in [0, 0.1) is 0 Å². The van der Waals surface area contributed by atoms with Gasteiger partial charge in [-0.05, 0) is 12.1 Å². The second-order valence-electron chi connectivity index (χ2n) is 4.03. The Morgan fingerprint density at radius 1 is 0.900 bits per heavy atom. The highest BCUT2D eigenvalue weighted by molar-refractivity contribution is 9.27. The van der Waals surface area contributed by atoms with E-state index in [9.17, 15) is 13.2 Å². The lowest BCUT2D eigenvalue weighted by molar-refractivity contribution is 0.103. The van der Waals surface area contributed by atoms with Crippen LogP contribution in [0.4, 0.5) is 0 Å². The molecule has 0 atom stereocenters. The monoisotopic (exact) mass is 416 g/mol. The Bertz CT molecular complexity index is 725. The molecular formula is C14H10Br2O3S. The summed E-state index contributed by atoms with van der Waals surface area (Å²) in [5.41, 5.74) is 0.870. The van der Waals surface area contributed by atoms with E-state index in [1.165, 1.54) is 12.1 Å². The Labute approximate surface area is 134 Å². The van der Waals surface area contributed by atoms with Crippen molar-refractivity contribution in [2.24, 2.45) is 0 Å².